The Hall–Kier alpha value is -0.300. The van der Waals surface area contributed by atoms with Crippen LogP contribution in [-0.4, -0.2) is 31.6 Å². The first-order valence-electron chi connectivity index (χ1n) is 4.18. The molecule has 1 atom stereocenters. The van der Waals surface area contributed by atoms with Crippen molar-refractivity contribution in [2.75, 3.05) is 11.5 Å². The highest BCUT2D eigenvalue weighted by Gasteiger charge is 2.41. The molecule has 1 heterocycles. The summed E-state index contributed by atoms with van der Waals surface area (Å²) in [5.41, 5.74) is 4.39. The third-order valence-corrected chi connectivity index (χ3v) is 4.17. The van der Waals surface area contributed by atoms with E-state index < -0.39 is 28.0 Å². The van der Waals surface area contributed by atoms with Crippen LogP contribution < -0.4 is 5.73 Å². The van der Waals surface area contributed by atoms with Gasteiger partial charge >= 0.3 is 6.18 Å². The number of hydrogen-bond acceptors (Lipinski definition) is 3. The lowest BCUT2D eigenvalue weighted by atomic mass is 9.94. The second-order valence-electron chi connectivity index (χ2n) is 3.82. The van der Waals surface area contributed by atoms with Gasteiger partial charge in [0.25, 0.3) is 0 Å². The van der Waals surface area contributed by atoms with E-state index in [-0.39, 0.29) is 24.3 Å². The van der Waals surface area contributed by atoms with Gasteiger partial charge < -0.3 is 5.73 Å². The molecule has 1 fully saturated rings. The van der Waals surface area contributed by atoms with E-state index in [0.717, 1.165) is 0 Å². The molecule has 1 aliphatic rings. The molecule has 1 aliphatic heterocycles. The Balaban J connectivity index is 2.54. The van der Waals surface area contributed by atoms with E-state index in [1.807, 2.05) is 0 Å². The predicted octanol–water partition coefficient (Wildman–Crippen LogP) is 0.845. The molecule has 0 aromatic heterocycles. The average Bonchev–Trinajstić information content (AvgIpc) is 2.22. The molecule has 0 bridgehead atoms. The highest BCUT2D eigenvalue weighted by Crippen LogP contribution is 2.30. The van der Waals surface area contributed by atoms with Gasteiger partial charge in [0.05, 0.1) is 11.5 Å². The normalized spacial score (nSPS) is 32.0. The van der Waals surface area contributed by atoms with E-state index in [4.69, 9.17) is 5.73 Å². The summed E-state index contributed by atoms with van der Waals surface area (Å²) in [6.07, 6.45) is -5.46. The minimum Gasteiger partial charge on any atom is -0.324 e. The van der Waals surface area contributed by atoms with Gasteiger partial charge in [0, 0.05) is 12.0 Å². The second kappa shape index (κ2) is 3.37. The van der Waals surface area contributed by atoms with Crippen LogP contribution in [0.15, 0.2) is 0 Å². The molecule has 0 aromatic carbocycles. The standard InChI is InChI=1S/C7H12F3NO2S/c8-7(9,10)2-1-6(11)3-4-14(12,13)5-6/h1-5,11H2. The lowest BCUT2D eigenvalue weighted by molar-refractivity contribution is -0.137. The van der Waals surface area contributed by atoms with Crippen LogP contribution in [0.25, 0.3) is 0 Å². The zero-order valence-corrected chi connectivity index (χ0v) is 8.29. The van der Waals surface area contributed by atoms with Crippen molar-refractivity contribution in [1.29, 1.82) is 0 Å². The molecule has 1 saturated heterocycles. The summed E-state index contributed by atoms with van der Waals surface area (Å²) in [5.74, 6) is -0.419. The van der Waals surface area contributed by atoms with E-state index in [1.165, 1.54) is 0 Å². The largest absolute Gasteiger partial charge is 0.389 e. The molecule has 0 aliphatic carbocycles. The molecule has 0 aromatic rings. The van der Waals surface area contributed by atoms with Crippen molar-refractivity contribution in [3.63, 3.8) is 0 Å². The third kappa shape index (κ3) is 3.45. The molecule has 7 heteroatoms. The topological polar surface area (TPSA) is 60.2 Å². The first-order chi connectivity index (χ1) is 6.12. The highest BCUT2D eigenvalue weighted by molar-refractivity contribution is 7.91. The number of nitrogens with two attached hydrogens (primary N) is 1. The Morgan fingerprint density at radius 1 is 1.36 bits per heavy atom. The molecular formula is C7H12F3NO2S. The smallest absolute Gasteiger partial charge is 0.324 e. The fraction of sp³-hybridized carbons (Fsp3) is 1.00. The first kappa shape index (κ1) is 11.8. The van der Waals surface area contributed by atoms with Crippen LogP contribution in [-0.2, 0) is 9.84 Å². The maximum absolute atomic E-state index is 11.9. The summed E-state index contributed by atoms with van der Waals surface area (Å²) in [6, 6.07) is 0. The zero-order chi connectivity index (χ0) is 11.0. The molecule has 0 radical (unpaired) electrons. The number of alkyl halides is 3. The fourth-order valence-electron chi connectivity index (χ4n) is 1.53. The summed E-state index contributed by atoms with van der Waals surface area (Å²) in [7, 11) is -3.21. The summed E-state index contributed by atoms with van der Waals surface area (Å²) in [4.78, 5) is 0. The summed E-state index contributed by atoms with van der Waals surface area (Å²) >= 11 is 0. The first-order valence-corrected chi connectivity index (χ1v) is 6.00. The van der Waals surface area contributed by atoms with E-state index in [1.54, 1.807) is 0 Å². The Kier molecular flexibility index (Phi) is 2.84. The van der Waals surface area contributed by atoms with Gasteiger partial charge in [-0.3, -0.25) is 0 Å². The molecule has 2 N–H and O–H groups in total. The molecule has 3 nitrogen and oxygen atoms in total. The number of rotatable bonds is 2. The summed E-state index contributed by atoms with van der Waals surface area (Å²) < 4.78 is 57.6. The van der Waals surface area contributed by atoms with Crippen molar-refractivity contribution in [1.82, 2.24) is 0 Å². The molecule has 0 spiro atoms. The quantitative estimate of drug-likeness (QED) is 0.766. The van der Waals surface area contributed by atoms with Crippen LogP contribution in [0.3, 0.4) is 0 Å². The number of halogens is 3. The van der Waals surface area contributed by atoms with E-state index >= 15 is 0 Å². The van der Waals surface area contributed by atoms with Crippen molar-refractivity contribution in [2.45, 2.75) is 31.0 Å². The van der Waals surface area contributed by atoms with Crippen molar-refractivity contribution >= 4 is 9.84 Å². The van der Waals surface area contributed by atoms with Gasteiger partial charge in [-0.1, -0.05) is 0 Å². The van der Waals surface area contributed by atoms with Gasteiger partial charge in [0.15, 0.2) is 9.84 Å². The second-order valence-corrected chi connectivity index (χ2v) is 6.00. The van der Waals surface area contributed by atoms with Crippen LogP contribution in [0.1, 0.15) is 19.3 Å². The minimum absolute atomic E-state index is 0.0959. The Bertz CT molecular complexity index is 311. The van der Waals surface area contributed by atoms with Crippen LogP contribution in [0.5, 0.6) is 0 Å². The SMILES string of the molecule is NC1(CCC(F)(F)F)CCS(=O)(=O)C1. The van der Waals surface area contributed by atoms with Gasteiger partial charge in [-0.2, -0.15) is 13.2 Å². The Labute approximate surface area is 80.4 Å². The molecule has 1 rings (SSSR count). The van der Waals surface area contributed by atoms with E-state index in [9.17, 15) is 21.6 Å². The average molecular weight is 231 g/mol. The van der Waals surface area contributed by atoms with Gasteiger partial charge in [0.2, 0.25) is 0 Å². The monoisotopic (exact) mass is 231 g/mol. The van der Waals surface area contributed by atoms with Gasteiger partial charge in [-0.25, -0.2) is 8.42 Å². The predicted molar refractivity (Wildman–Crippen MR) is 45.5 cm³/mol. The summed E-state index contributed by atoms with van der Waals surface area (Å²) in [6.45, 7) is 0. The fourth-order valence-corrected chi connectivity index (χ4v) is 3.56. The highest BCUT2D eigenvalue weighted by atomic mass is 32.2. The molecule has 0 amide bonds. The van der Waals surface area contributed by atoms with Gasteiger partial charge in [-0.05, 0) is 12.8 Å². The number of sulfone groups is 1. The number of hydrogen-bond donors (Lipinski definition) is 1. The molecule has 14 heavy (non-hydrogen) atoms. The van der Waals surface area contributed by atoms with Gasteiger partial charge in [0.1, 0.15) is 0 Å². The van der Waals surface area contributed by atoms with Crippen molar-refractivity contribution in [3.8, 4) is 0 Å². The molecule has 84 valence electrons. The lowest BCUT2D eigenvalue weighted by Crippen LogP contribution is -2.41. The maximum atomic E-state index is 11.9. The third-order valence-electron chi connectivity index (χ3n) is 2.32. The van der Waals surface area contributed by atoms with Crippen LogP contribution in [0.4, 0.5) is 13.2 Å². The summed E-state index contributed by atoms with van der Waals surface area (Å²) in [5, 5.41) is 0. The zero-order valence-electron chi connectivity index (χ0n) is 7.47. The van der Waals surface area contributed by atoms with Crippen molar-refractivity contribution < 1.29 is 21.6 Å². The Morgan fingerprint density at radius 3 is 2.29 bits per heavy atom. The van der Waals surface area contributed by atoms with Crippen LogP contribution in [0.2, 0.25) is 0 Å². The van der Waals surface area contributed by atoms with Crippen LogP contribution in [0, 0.1) is 0 Å². The molecule has 1 unspecified atom stereocenters. The Morgan fingerprint density at radius 2 is 1.93 bits per heavy atom. The maximum Gasteiger partial charge on any atom is 0.389 e. The van der Waals surface area contributed by atoms with Gasteiger partial charge in [-0.15, -0.1) is 0 Å². The lowest BCUT2D eigenvalue weighted by Gasteiger charge is -2.22. The molecular weight excluding hydrogens is 219 g/mol. The van der Waals surface area contributed by atoms with E-state index in [2.05, 4.69) is 0 Å². The van der Waals surface area contributed by atoms with Crippen LogP contribution >= 0.6 is 0 Å². The van der Waals surface area contributed by atoms with E-state index in [0.29, 0.717) is 0 Å². The van der Waals surface area contributed by atoms with Crippen molar-refractivity contribution in [3.05, 3.63) is 0 Å². The van der Waals surface area contributed by atoms with Crippen molar-refractivity contribution in [2.24, 2.45) is 5.73 Å². The minimum atomic E-state index is -4.27. The molecule has 0 saturated carbocycles.